The Kier molecular flexibility index (Phi) is 4.02. The number of carbonyl (C=O) groups excluding carboxylic acids is 2. The number of hydrogen-bond acceptors (Lipinski definition) is 2. The number of carbonyl (C=O) groups is 2. The molecule has 4 nitrogen and oxygen atoms in total. The Balaban J connectivity index is 2.03. The molecule has 0 saturated carbocycles. The van der Waals surface area contributed by atoms with E-state index in [1.54, 1.807) is 12.1 Å². The zero-order valence-corrected chi connectivity index (χ0v) is 14.2. The van der Waals surface area contributed by atoms with Gasteiger partial charge in [0, 0.05) is 34.0 Å². The van der Waals surface area contributed by atoms with Gasteiger partial charge in [-0.25, -0.2) is 0 Å². The summed E-state index contributed by atoms with van der Waals surface area (Å²) in [6.07, 6.45) is 0.807. The van der Waals surface area contributed by atoms with Crippen molar-refractivity contribution >= 4 is 38.5 Å². The first-order valence-electron chi connectivity index (χ1n) is 7.37. The molecule has 0 fully saturated rings. The van der Waals surface area contributed by atoms with Gasteiger partial charge in [0.2, 0.25) is 0 Å². The highest BCUT2D eigenvalue weighted by Gasteiger charge is 2.32. The van der Waals surface area contributed by atoms with Crippen LogP contribution >= 0.6 is 15.9 Å². The number of benzene rings is 2. The number of nitrogens with zero attached hydrogens (tertiary/aromatic N) is 1. The Morgan fingerprint density at radius 1 is 1.05 bits per heavy atom. The summed E-state index contributed by atoms with van der Waals surface area (Å²) < 4.78 is 0.901. The standard InChI is InChI=1S/C17H17BrN2O2/c1-19(2)9-4-10-20-16(21)12-6-3-5-11-14(18)8-7-13(15(11)12)17(20)22/h3,5-8H,4,9-10H2,1-2H3/p+1. The van der Waals surface area contributed by atoms with Gasteiger partial charge >= 0.3 is 0 Å². The molecule has 2 aromatic carbocycles. The summed E-state index contributed by atoms with van der Waals surface area (Å²) in [5, 5.41) is 1.68. The summed E-state index contributed by atoms with van der Waals surface area (Å²) >= 11 is 3.49. The van der Waals surface area contributed by atoms with Gasteiger partial charge in [0.25, 0.3) is 11.8 Å². The zero-order valence-electron chi connectivity index (χ0n) is 12.6. The van der Waals surface area contributed by atoms with Crippen molar-refractivity contribution in [3.8, 4) is 0 Å². The number of rotatable bonds is 4. The predicted molar refractivity (Wildman–Crippen MR) is 89.3 cm³/mol. The zero-order chi connectivity index (χ0) is 15.9. The second-order valence-corrected chi connectivity index (χ2v) is 6.75. The molecule has 22 heavy (non-hydrogen) atoms. The largest absolute Gasteiger partial charge is 0.340 e. The Morgan fingerprint density at radius 2 is 1.73 bits per heavy atom. The summed E-state index contributed by atoms with van der Waals surface area (Å²) in [5.41, 5.74) is 1.23. The van der Waals surface area contributed by atoms with Crippen LogP contribution in [0.3, 0.4) is 0 Å². The fourth-order valence-corrected chi connectivity index (χ4v) is 3.37. The minimum absolute atomic E-state index is 0.185. The minimum Gasteiger partial charge on any atom is -0.340 e. The lowest BCUT2D eigenvalue weighted by atomic mass is 9.94. The third kappa shape index (κ3) is 2.44. The van der Waals surface area contributed by atoms with Crippen molar-refractivity contribution in [2.45, 2.75) is 6.42 Å². The van der Waals surface area contributed by atoms with Crippen molar-refractivity contribution in [1.82, 2.24) is 4.90 Å². The molecule has 0 aliphatic carbocycles. The molecule has 1 heterocycles. The fraction of sp³-hybridized carbons (Fsp3) is 0.294. The Morgan fingerprint density at radius 3 is 2.41 bits per heavy atom. The van der Waals surface area contributed by atoms with E-state index in [9.17, 15) is 9.59 Å². The lowest BCUT2D eigenvalue weighted by molar-refractivity contribution is -0.858. The maximum atomic E-state index is 12.7. The van der Waals surface area contributed by atoms with Crippen LogP contribution in [0.4, 0.5) is 0 Å². The summed E-state index contributed by atoms with van der Waals surface area (Å²) in [5.74, 6) is -0.370. The van der Waals surface area contributed by atoms with Crippen molar-refractivity contribution in [1.29, 1.82) is 0 Å². The lowest BCUT2D eigenvalue weighted by Crippen LogP contribution is -3.05. The van der Waals surface area contributed by atoms with Gasteiger partial charge in [-0.15, -0.1) is 0 Å². The van der Waals surface area contributed by atoms with Gasteiger partial charge in [0.1, 0.15) is 0 Å². The first-order chi connectivity index (χ1) is 10.5. The number of imide groups is 1. The van der Waals surface area contributed by atoms with Crippen LogP contribution in [0.25, 0.3) is 10.8 Å². The van der Waals surface area contributed by atoms with E-state index in [1.807, 2.05) is 18.2 Å². The van der Waals surface area contributed by atoms with Crippen LogP contribution in [0.2, 0.25) is 0 Å². The molecule has 0 radical (unpaired) electrons. The van der Waals surface area contributed by atoms with Crippen LogP contribution in [0.1, 0.15) is 27.1 Å². The van der Waals surface area contributed by atoms with E-state index in [1.165, 1.54) is 9.80 Å². The molecular formula is C17H18BrN2O2+. The molecule has 0 unspecified atom stereocenters. The molecule has 2 aromatic rings. The third-order valence-electron chi connectivity index (χ3n) is 4.00. The van der Waals surface area contributed by atoms with Gasteiger partial charge < -0.3 is 4.90 Å². The molecule has 0 aromatic heterocycles. The molecule has 1 aliphatic rings. The summed E-state index contributed by atoms with van der Waals surface area (Å²) in [4.78, 5) is 28.1. The van der Waals surface area contributed by atoms with Gasteiger partial charge in [0.05, 0.1) is 20.6 Å². The second-order valence-electron chi connectivity index (χ2n) is 5.90. The van der Waals surface area contributed by atoms with Crippen LogP contribution in [-0.4, -0.2) is 43.9 Å². The maximum Gasteiger partial charge on any atom is 0.261 e. The number of amides is 2. The van der Waals surface area contributed by atoms with E-state index in [4.69, 9.17) is 0 Å². The van der Waals surface area contributed by atoms with Crippen molar-refractivity contribution in [2.24, 2.45) is 0 Å². The first-order valence-corrected chi connectivity index (χ1v) is 8.16. The molecule has 0 atom stereocenters. The normalized spacial score (nSPS) is 14.3. The quantitative estimate of drug-likeness (QED) is 0.842. The number of halogens is 1. The van der Waals surface area contributed by atoms with Gasteiger partial charge in [-0.1, -0.05) is 28.1 Å². The molecule has 0 saturated heterocycles. The van der Waals surface area contributed by atoms with E-state index < -0.39 is 0 Å². The number of nitrogens with one attached hydrogen (secondary N) is 1. The van der Waals surface area contributed by atoms with Gasteiger partial charge in [-0.3, -0.25) is 14.5 Å². The van der Waals surface area contributed by atoms with Crippen LogP contribution < -0.4 is 4.90 Å². The highest BCUT2D eigenvalue weighted by molar-refractivity contribution is 9.10. The number of hydrogen-bond donors (Lipinski definition) is 1. The molecule has 1 aliphatic heterocycles. The fourth-order valence-electron chi connectivity index (χ4n) is 2.90. The molecular weight excluding hydrogens is 344 g/mol. The maximum absolute atomic E-state index is 12.7. The predicted octanol–water partition coefficient (Wildman–Crippen LogP) is 1.73. The Hall–Kier alpha value is -1.72. The topological polar surface area (TPSA) is 41.8 Å². The first kappa shape index (κ1) is 15.2. The van der Waals surface area contributed by atoms with Crippen LogP contribution in [0.5, 0.6) is 0 Å². The molecule has 2 amide bonds. The van der Waals surface area contributed by atoms with Crippen LogP contribution in [0.15, 0.2) is 34.8 Å². The molecule has 0 bridgehead atoms. The summed E-state index contributed by atoms with van der Waals surface area (Å²) in [7, 11) is 4.13. The smallest absolute Gasteiger partial charge is 0.261 e. The minimum atomic E-state index is -0.185. The Labute approximate surface area is 137 Å². The highest BCUT2D eigenvalue weighted by Crippen LogP contribution is 2.34. The van der Waals surface area contributed by atoms with E-state index in [-0.39, 0.29) is 11.8 Å². The van der Waals surface area contributed by atoms with E-state index in [0.717, 1.165) is 28.2 Å². The van der Waals surface area contributed by atoms with Gasteiger partial charge in [-0.05, 0) is 23.6 Å². The molecule has 0 spiro atoms. The third-order valence-corrected chi connectivity index (χ3v) is 4.69. The Bertz CT molecular complexity index is 748. The summed E-state index contributed by atoms with van der Waals surface area (Å²) in [6.45, 7) is 1.39. The monoisotopic (exact) mass is 361 g/mol. The number of quaternary nitrogens is 1. The van der Waals surface area contributed by atoms with Gasteiger partial charge in [0.15, 0.2) is 0 Å². The highest BCUT2D eigenvalue weighted by atomic mass is 79.9. The lowest BCUT2D eigenvalue weighted by Gasteiger charge is -2.27. The average molecular weight is 362 g/mol. The van der Waals surface area contributed by atoms with E-state index in [0.29, 0.717) is 17.7 Å². The average Bonchev–Trinajstić information content (AvgIpc) is 2.49. The van der Waals surface area contributed by atoms with Crippen molar-refractivity contribution in [3.63, 3.8) is 0 Å². The van der Waals surface area contributed by atoms with Crippen LogP contribution in [0, 0.1) is 0 Å². The molecule has 114 valence electrons. The van der Waals surface area contributed by atoms with Crippen molar-refractivity contribution in [3.05, 3.63) is 45.9 Å². The summed E-state index contributed by atoms with van der Waals surface area (Å²) in [6, 6.07) is 9.27. The molecule has 5 heteroatoms. The second kappa shape index (κ2) is 5.82. The van der Waals surface area contributed by atoms with E-state index in [2.05, 4.69) is 30.0 Å². The molecule has 3 rings (SSSR count). The molecule has 1 N–H and O–H groups in total. The van der Waals surface area contributed by atoms with Crippen molar-refractivity contribution < 1.29 is 14.5 Å². The van der Waals surface area contributed by atoms with Gasteiger partial charge in [-0.2, -0.15) is 0 Å². The SMILES string of the molecule is C[NH+](C)CCCN1C(=O)c2cccc3c(Br)ccc(c23)C1=O. The van der Waals surface area contributed by atoms with Crippen LogP contribution in [-0.2, 0) is 0 Å². The van der Waals surface area contributed by atoms with Crippen molar-refractivity contribution in [2.75, 3.05) is 27.2 Å². The van der Waals surface area contributed by atoms with E-state index >= 15 is 0 Å².